The van der Waals surface area contributed by atoms with Crippen LogP contribution in [0.4, 0.5) is 0 Å². The fourth-order valence-corrected chi connectivity index (χ4v) is 2.61. The van der Waals surface area contributed by atoms with E-state index in [1.807, 2.05) is 0 Å². The summed E-state index contributed by atoms with van der Waals surface area (Å²) in [4.78, 5) is 29.6. The number of carbonyl (C=O) groups excluding carboxylic acids is 1. The molecule has 3 rings (SSSR count). The van der Waals surface area contributed by atoms with Gasteiger partial charge in [0.05, 0.1) is 6.54 Å². The second-order valence-corrected chi connectivity index (χ2v) is 5.50. The van der Waals surface area contributed by atoms with Gasteiger partial charge in [0, 0.05) is 32.1 Å². The molecule has 2 aromatic rings. The van der Waals surface area contributed by atoms with Gasteiger partial charge in [-0.1, -0.05) is 0 Å². The number of nitrogens with zero attached hydrogens (tertiary/aromatic N) is 4. The molecule has 1 fully saturated rings. The van der Waals surface area contributed by atoms with Crippen molar-refractivity contribution in [3.05, 3.63) is 52.7 Å². The average molecular weight is 314 g/mol. The highest BCUT2D eigenvalue weighted by Crippen LogP contribution is 2.18. The Kier molecular flexibility index (Phi) is 4.36. The Bertz CT molecular complexity index is 744. The van der Waals surface area contributed by atoms with Crippen molar-refractivity contribution in [3.8, 4) is 5.75 Å². The van der Waals surface area contributed by atoms with Gasteiger partial charge >= 0.3 is 0 Å². The highest BCUT2D eigenvalue weighted by Gasteiger charge is 2.26. The molecule has 0 spiro atoms. The van der Waals surface area contributed by atoms with Gasteiger partial charge < -0.3 is 9.64 Å². The van der Waals surface area contributed by atoms with E-state index in [2.05, 4.69) is 10.1 Å². The van der Waals surface area contributed by atoms with Gasteiger partial charge in [-0.25, -0.2) is 4.68 Å². The van der Waals surface area contributed by atoms with Gasteiger partial charge in [0.2, 0.25) is 0 Å². The Hall–Kier alpha value is -2.70. The van der Waals surface area contributed by atoms with Gasteiger partial charge in [-0.15, -0.1) is 0 Å². The van der Waals surface area contributed by atoms with E-state index in [1.54, 1.807) is 29.4 Å². The van der Waals surface area contributed by atoms with Gasteiger partial charge in [0.15, 0.2) is 0 Å². The van der Waals surface area contributed by atoms with Gasteiger partial charge in [0.1, 0.15) is 17.5 Å². The topological polar surface area (TPSA) is 77.3 Å². The predicted octanol–water partition coefficient (Wildman–Crippen LogP) is 0.859. The van der Waals surface area contributed by atoms with E-state index in [1.165, 1.54) is 23.9 Å². The van der Waals surface area contributed by atoms with E-state index in [4.69, 9.17) is 4.74 Å². The summed E-state index contributed by atoms with van der Waals surface area (Å²) in [6.45, 7) is 1.17. The average Bonchev–Trinajstić information content (AvgIpc) is 2.58. The van der Waals surface area contributed by atoms with Crippen LogP contribution in [0, 0.1) is 0 Å². The Morgan fingerprint density at radius 2 is 2.04 bits per heavy atom. The van der Waals surface area contributed by atoms with Crippen LogP contribution < -0.4 is 10.3 Å². The summed E-state index contributed by atoms with van der Waals surface area (Å²) in [5, 5.41) is 4.02. The zero-order valence-electron chi connectivity index (χ0n) is 12.9. The number of likely N-dealkylation sites (tertiary alicyclic amines) is 1. The zero-order chi connectivity index (χ0) is 16.2. The lowest BCUT2D eigenvalue weighted by molar-refractivity contribution is 0.0530. The van der Waals surface area contributed by atoms with E-state index in [0.717, 1.165) is 18.6 Å². The van der Waals surface area contributed by atoms with Crippen LogP contribution in [-0.2, 0) is 7.05 Å². The van der Waals surface area contributed by atoms with Crippen LogP contribution in [0.5, 0.6) is 5.75 Å². The minimum absolute atomic E-state index is 0.0531. The van der Waals surface area contributed by atoms with Crippen molar-refractivity contribution in [2.24, 2.45) is 7.05 Å². The lowest BCUT2D eigenvalue weighted by Crippen LogP contribution is -2.45. The first-order chi connectivity index (χ1) is 11.1. The Morgan fingerprint density at radius 1 is 1.26 bits per heavy atom. The van der Waals surface area contributed by atoms with Crippen LogP contribution in [0.3, 0.4) is 0 Å². The quantitative estimate of drug-likeness (QED) is 0.840. The minimum Gasteiger partial charge on any atom is -0.488 e. The van der Waals surface area contributed by atoms with Crippen LogP contribution in [0.2, 0.25) is 0 Å². The molecule has 2 aromatic heterocycles. The standard InChI is InChI=1S/C16H18N4O3/c1-19-15(21)5-4-14(18-19)16(22)20-10-2-3-13(11-20)23-12-6-8-17-9-7-12/h4-9,13H,2-3,10-11H2,1H3. The molecule has 0 N–H and O–H groups in total. The van der Waals surface area contributed by atoms with E-state index in [9.17, 15) is 9.59 Å². The summed E-state index contributed by atoms with van der Waals surface area (Å²) < 4.78 is 7.07. The molecule has 7 heteroatoms. The highest BCUT2D eigenvalue weighted by molar-refractivity contribution is 5.92. The maximum absolute atomic E-state index is 12.5. The summed E-state index contributed by atoms with van der Waals surface area (Å²) >= 11 is 0. The third kappa shape index (κ3) is 3.56. The van der Waals surface area contributed by atoms with Gasteiger partial charge in [-0.05, 0) is 31.0 Å². The number of rotatable bonds is 3. The van der Waals surface area contributed by atoms with E-state index < -0.39 is 0 Å². The van der Waals surface area contributed by atoms with Gasteiger partial charge in [0.25, 0.3) is 11.5 Å². The molecule has 3 heterocycles. The lowest BCUT2D eigenvalue weighted by Gasteiger charge is -2.32. The molecular weight excluding hydrogens is 296 g/mol. The fourth-order valence-electron chi connectivity index (χ4n) is 2.61. The van der Waals surface area contributed by atoms with Gasteiger partial charge in [-0.3, -0.25) is 14.6 Å². The highest BCUT2D eigenvalue weighted by atomic mass is 16.5. The number of pyridine rings is 1. The second-order valence-electron chi connectivity index (χ2n) is 5.50. The molecule has 1 saturated heterocycles. The molecule has 0 saturated carbocycles. The molecule has 1 atom stereocenters. The number of aryl methyl sites for hydroxylation is 1. The number of aromatic nitrogens is 3. The third-order valence-corrected chi connectivity index (χ3v) is 3.80. The Labute approximate surface area is 133 Å². The van der Waals surface area contributed by atoms with Crippen LogP contribution in [-0.4, -0.2) is 44.8 Å². The molecule has 7 nitrogen and oxygen atoms in total. The van der Waals surface area contributed by atoms with Crippen molar-refractivity contribution >= 4 is 5.91 Å². The largest absolute Gasteiger partial charge is 0.488 e. The maximum Gasteiger partial charge on any atom is 0.274 e. The molecule has 0 aliphatic carbocycles. The molecule has 1 unspecified atom stereocenters. The first-order valence-electron chi connectivity index (χ1n) is 7.54. The van der Waals surface area contributed by atoms with Crippen molar-refractivity contribution in [1.82, 2.24) is 19.7 Å². The second kappa shape index (κ2) is 6.60. The summed E-state index contributed by atoms with van der Waals surface area (Å²) in [5.41, 5.74) is 0.0377. The number of hydrogen-bond donors (Lipinski definition) is 0. The van der Waals surface area contributed by atoms with Crippen molar-refractivity contribution in [2.45, 2.75) is 18.9 Å². The van der Waals surface area contributed by atoms with Crippen LogP contribution in [0.15, 0.2) is 41.5 Å². The van der Waals surface area contributed by atoms with E-state index in [0.29, 0.717) is 13.1 Å². The van der Waals surface area contributed by atoms with Crippen LogP contribution in [0.25, 0.3) is 0 Å². The normalized spacial score (nSPS) is 17.8. The molecule has 1 aliphatic rings. The van der Waals surface area contributed by atoms with Crippen LogP contribution >= 0.6 is 0 Å². The SMILES string of the molecule is Cn1nc(C(=O)N2CCCC(Oc3ccncc3)C2)ccc1=O. The number of hydrogen-bond acceptors (Lipinski definition) is 5. The summed E-state index contributed by atoms with van der Waals surface area (Å²) in [7, 11) is 1.53. The molecule has 0 radical (unpaired) electrons. The smallest absolute Gasteiger partial charge is 0.274 e. The van der Waals surface area contributed by atoms with Gasteiger partial charge in [-0.2, -0.15) is 5.10 Å². The monoisotopic (exact) mass is 314 g/mol. The molecule has 0 aromatic carbocycles. The summed E-state index contributed by atoms with van der Waals surface area (Å²) in [6.07, 6.45) is 5.06. The van der Waals surface area contributed by atoms with E-state index >= 15 is 0 Å². The predicted molar refractivity (Wildman–Crippen MR) is 83.3 cm³/mol. The molecule has 23 heavy (non-hydrogen) atoms. The number of piperidine rings is 1. The Morgan fingerprint density at radius 3 is 2.78 bits per heavy atom. The van der Waals surface area contributed by atoms with Crippen molar-refractivity contribution < 1.29 is 9.53 Å². The van der Waals surface area contributed by atoms with Crippen LogP contribution in [0.1, 0.15) is 23.3 Å². The third-order valence-electron chi connectivity index (χ3n) is 3.80. The fraction of sp³-hybridized carbons (Fsp3) is 0.375. The first-order valence-corrected chi connectivity index (χ1v) is 7.54. The number of amides is 1. The molecule has 1 amide bonds. The Balaban J connectivity index is 1.69. The zero-order valence-corrected chi connectivity index (χ0v) is 12.9. The van der Waals surface area contributed by atoms with Crippen molar-refractivity contribution in [1.29, 1.82) is 0 Å². The van der Waals surface area contributed by atoms with E-state index in [-0.39, 0.29) is 23.3 Å². The first kappa shape index (κ1) is 15.2. The lowest BCUT2D eigenvalue weighted by atomic mass is 10.1. The number of ether oxygens (including phenoxy) is 1. The summed E-state index contributed by atoms with van der Waals surface area (Å²) in [6, 6.07) is 6.43. The summed E-state index contributed by atoms with van der Waals surface area (Å²) in [5.74, 6) is 0.572. The maximum atomic E-state index is 12.5. The molecular formula is C16H18N4O3. The number of carbonyl (C=O) groups is 1. The molecule has 1 aliphatic heterocycles. The minimum atomic E-state index is -0.237. The van der Waals surface area contributed by atoms with Crippen molar-refractivity contribution in [2.75, 3.05) is 13.1 Å². The molecule has 0 bridgehead atoms. The van der Waals surface area contributed by atoms with Crippen molar-refractivity contribution in [3.63, 3.8) is 0 Å². The molecule has 120 valence electrons.